The maximum atomic E-state index is 13.3. The monoisotopic (exact) mass is 420 g/mol. The molecule has 0 spiro atoms. The number of amides is 1. The Labute approximate surface area is 177 Å². The van der Waals surface area contributed by atoms with Crippen molar-refractivity contribution in [1.29, 1.82) is 0 Å². The van der Waals surface area contributed by atoms with Crippen molar-refractivity contribution in [3.05, 3.63) is 71.8 Å². The van der Waals surface area contributed by atoms with Crippen LogP contribution < -0.4 is 4.90 Å². The number of carbonyl (C=O) groups is 1. The van der Waals surface area contributed by atoms with Crippen molar-refractivity contribution >= 4 is 32.4 Å². The average Bonchev–Trinajstić information content (AvgIpc) is 3.33. The third-order valence-electron chi connectivity index (χ3n) is 6.11. The second-order valence-corrected chi connectivity index (χ2v) is 9.96. The summed E-state index contributed by atoms with van der Waals surface area (Å²) in [6.07, 6.45) is 3.43. The molecule has 0 atom stereocenters. The van der Waals surface area contributed by atoms with Crippen molar-refractivity contribution in [2.75, 3.05) is 24.5 Å². The molecule has 5 nitrogen and oxygen atoms in total. The predicted octanol–water partition coefficient (Wildman–Crippen LogP) is 4.22. The topological polar surface area (TPSA) is 57.7 Å². The van der Waals surface area contributed by atoms with Gasteiger partial charge in [-0.2, -0.15) is 4.31 Å². The molecule has 0 aromatic heterocycles. The molecule has 0 aliphatic carbocycles. The van der Waals surface area contributed by atoms with Crippen molar-refractivity contribution in [1.82, 2.24) is 4.31 Å². The highest BCUT2D eigenvalue weighted by atomic mass is 32.2. The first-order valence-electron chi connectivity index (χ1n) is 10.5. The van der Waals surface area contributed by atoms with E-state index in [1.54, 1.807) is 27.4 Å². The second-order valence-electron chi connectivity index (χ2n) is 8.02. The van der Waals surface area contributed by atoms with Crippen LogP contribution in [-0.4, -0.2) is 38.3 Å². The first kappa shape index (κ1) is 19.3. The van der Waals surface area contributed by atoms with E-state index < -0.39 is 10.0 Å². The Kier molecular flexibility index (Phi) is 4.83. The molecule has 1 amide bonds. The van der Waals surface area contributed by atoms with Crippen LogP contribution in [0, 0.1) is 0 Å². The molecule has 3 aromatic carbocycles. The average molecular weight is 421 g/mol. The van der Waals surface area contributed by atoms with E-state index in [0.29, 0.717) is 30.1 Å². The van der Waals surface area contributed by atoms with Crippen molar-refractivity contribution < 1.29 is 13.2 Å². The minimum Gasteiger partial charge on any atom is -0.308 e. The summed E-state index contributed by atoms with van der Waals surface area (Å²) in [7, 11) is -3.46. The summed E-state index contributed by atoms with van der Waals surface area (Å²) in [4.78, 5) is 15.4. The summed E-state index contributed by atoms with van der Waals surface area (Å²) in [6, 6.07) is 19.0. The molecule has 0 saturated carbocycles. The molecule has 0 radical (unpaired) electrons. The standard InChI is InChI=1S/C24H24N2O3S/c27-24(21-10-9-18-6-1-2-7-19(18)16-21)26-15-5-8-20-17-22(11-12-23(20)26)30(28,29)25-13-3-4-14-25/h1-2,6-7,9-12,16-17H,3-5,8,13-15H2. The van der Waals surface area contributed by atoms with Gasteiger partial charge in [0, 0.05) is 30.9 Å². The quantitative estimate of drug-likeness (QED) is 0.638. The van der Waals surface area contributed by atoms with Crippen LogP contribution in [0.2, 0.25) is 0 Å². The summed E-state index contributed by atoms with van der Waals surface area (Å²) in [5, 5.41) is 2.14. The zero-order valence-electron chi connectivity index (χ0n) is 16.8. The van der Waals surface area contributed by atoms with Crippen LogP contribution in [0.15, 0.2) is 65.6 Å². The molecule has 1 fully saturated rings. The van der Waals surface area contributed by atoms with Gasteiger partial charge in [0.15, 0.2) is 0 Å². The van der Waals surface area contributed by atoms with E-state index >= 15 is 0 Å². The number of rotatable bonds is 3. The summed E-state index contributed by atoms with van der Waals surface area (Å²) in [6.45, 7) is 1.81. The highest BCUT2D eigenvalue weighted by Gasteiger charge is 2.30. The minimum absolute atomic E-state index is 0.0446. The molecule has 6 heteroatoms. The Balaban J connectivity index is 1.48. The zero-order chi connectivity index (χ0) is 20.7. The van der Waals surface area contributed by atoms with Crippen molar-refractivity contribution in [2.24, 2.45) is 0 Å². The lowest BCUT2D eigenvalue weighted by Crippen LogP contribution is -2.35. The fourth-order valence-corrected chi connectivity index (χ4v) is 6.07. The third kappa shape index (κ3) is 3.30. The van der Waals surface area contributed by atoms with Crippen molar-refractivity contribution in [3.8, 4) is 0 Å². The van der Waals surface area contributed by atoms with Gasteiger partial charge < -0.3 is 4.90 Å². The third-order valence-corrected chi connectivity index (χ3v) is 8.01. The molecule has 1 saturated heterocycles. The van der Waals surface area contributed by atoms with Gasteiger partial charge in [-0.15, -0.1) is 0 Å². The molecule has 0 N–H and O–H groups in total. The van der Waals surface area contributed by atoms with Crippen LogP contribution in [0.3, 0.4) is 0 Å². The Hall–Kier alpha value is -2.70. The number of hydrogen-bond acceptors (Lipinski definition) is 3. The number of sulfonamides is 1. The fraction of sp³-hybridized carbons (Fsp3) is 0.292. The summed E-state index contributed by atoms with van der Waals surface area (Å²) in [5.41, 5.74) is 2.39. The maximum Gasteiger partial charge on any atom is 0.258 e. The number of nitrogens with zero attached hydrogens (tertiary/aromatic N) is 2. The molecule has 2 aliphatic rings. The molecule has 154 valence electrons. The van der Waals surface area contributed by atoms with Gasteiger partial charge in [0.1, 0.15) is 0 Å². The van der Waals surface area contributed by atoms with Crippen LogP contribution in [0.25, 0.3) is 10.8 Å². The van der Waals surface area contributed by atoms with E-state index in [2.05, 4.69) is 0 Å². The van der Waals surface area contributed by atoms with E-state index in [-0.39, 0.29) is 5.91 Å². The Bertz CT molecular complexity index is 1230. The lowest BCUT2D eigenvalue weighted by molar-refractivity contribution is 0.0985. The van der Waals surface area contributed by atoms with E-state index in [1.807, 2.05) is 42.5 Å². The Morgan fingerprint density at radius 1 is 0.800 bits per heavy atom. The first-order chi connectivity index (χ1) is 14.5. The summed E-state index contributed by atoms with van der Waals surface area (Å²) < 4.78 is 27.4. The highest BCUT2D eigenvalue weighted by Crippen LogP contribution is 2.32. The molecule has 2 aliphatic heterocycles. The number of aryl methyl sites for hydroxylation is 1. The van der Waals surface area contributed by atoms with Crippen LogP contribution in [-0.2, 0) is 16.4 Å². The summed E-state index contributed by atoms with van der Waals surface area (Å²) >= 11 is 0. The lowest BCUT2D eigenvalue weighted by Gasteiger charge is -2.30. The van der Waals surface area contributed by atoms with Crippen LogP contribution in [0.4, 0.5) is 5.69 Å². The lowest BCUT2D eigenvalue weighted by atomic mass is 10.00. The number of fused-ring (bicyclic) bond motifs is 2. The number of carbonyl (C=O) groups excluding carboxylic acids is 1. The Morgan fingerprint density at radius 3 is 2.37 bits per heavy atom. The van der Waals surface area contributed by atoms with Gasteiger partial charge in [-0.25, -0.2) is 8.42 Å². The van der Waals surface area contributed by atoms with Gasteiger partial charge in [0.25, 0.3) is 5.91 Å². The molecule has 0 unspecified atom stereocenters. The van der Waals surface area contributed by atoms with Crippen LogP contribution in [0.1, 0.15) is 35.2 Å². The zero-order valence-corrected chi connectivity index (χ0v) is 17.6. The largest absolute Gasteiger partial charge is 0.308 e. The maximum absolute atomic E-state index is 13.3. The van der Waals surface area contributed by atoms with Gasteiger partial charge in [0.05, 0.1) is 4.90 Å². The molecular formula is C24H24N2O3S. The normalized spacial score (nSPS) is 17.3. The van der Waals surface area contributed by atoms with Gasteiger partial charge >= 0.3 is 0 Å². The fourth-order valence-electron chi connectivity index (χ4n) is 4.50. The van der Waals surface area contributed by atoms with Gasteiger partial charge in [-0.05, 0) is 72.4 Å². The molecule has 3 aromatic rings. The molecule has 5 rings (SSSR count). The summed E-state index contributed by atoms with van der Waals surface area (Å²) in [5.74, 6) is -0.0446. The number of benzene rings is 3. The van der Waals surface area contributed by atoms with E-state index in [9.17, 15) is 13.2 Å². The molecule has 0 bridgehead atoms. The first-order valence-corrected chi connectivity index (χ1v) is 11.9. The predicted molar refractivity (Wildman–Crippen MR) is 118 cm³/mol. The highest BCUT2D eigenvalue weighted by molar-refractivity contribution is 7.89. The SMILES string of the molecule is O=C(c1ccc2ccccc2c1)N1CCCc2cc(S(=O)(=O)N3CCCC3)ccc21. The molecule has 30 heavy (non-hydrogen) atoms. The van der Waals surface area contributed by atoms with E-state index in [4.69, 9.17) is 0 Å². The van der Waals surface area contributed by atoms with Crippen LogP contribution >= 0.6 is 0 Å². The minimum atomic E-state index is -3.46. The van der Waals surface area contributed by atoms with Crippen molar-refractivity contribution in [3.63, 3.8) is 0 Å². The van der Waals surface area contributed by atoms with E-state index in [0.717, 1.165) is 47.7 Å². The van der Waals surface area contributed by atoms with Gasteiger partial charge in [-0.3, -0.25) is 4.79 Å². The number of hydrogen-bond donors (Lipinski definition) is 0. The second kappa shape index (κ2) is 7.52. The van der Waals surface area contributed by atoms with Gasteiger partial charge in [-0.1, -0.05) is 30.3 Å². The molecule has 2 heterocycles. The van der Waals surface area contributed by atoms with Gasteiger partial charge in [0.2, 0.25) is 10.0 Å². The van der Waals surface area contributed by atoms with Crippen LogP contribution in [0.5, 0.6) is 0 Å². The Morgan fingerprint density at radius 2 is 1.57 bits per heavy atom. The number of anilines is 1. The smallest absolute Gasteiger partial charge is 0.258 e. The van der Waals surface area contributed by atoms with E-state index in [1.165, 1.54) is 0 Å². The molecular weight excluding hydrogens is 396 g/mol. The van der Waals surface area contributed by atoms with Crippen molar-refractivity contribution in [2.45, 2.75) is 30.6 Å².